The van der Waals surface area contributed by atoms with Gasteiger partial charge in [0.2, 0.25) is 0 Å². The lowest BCUT2D eigenvalue weighted by molar-refractivity contribution is 0.0988. The van der Waals surface area contributed by atoms with Gasteiger partial charge in [-0.1, -0.05) is 58.4 Å². The zero-order chi connectivity index (χ0) is 23.7. The van der Waals surface area contributed by atoms with Crippen LogP contribution in [0.25, 0.3) is 6.08 Å². The van der Waals surface area contributed by atoms with E-state index in [-0.39, 0.29) is 28.0 Å². The molecule has 0 N–H and O–H groups in total. The Morgan fingerprint density at radius 2 is 1.73 bits per heavy atom. The van der Waals surface area contributed by atoms with E-state index in [0.29, 0.717) is 17.0 Å². The Hall–Kier alpha value is -2.94. The van der Waals surface area contributed by atoms with Gasteiger partial charge in [-0.15, -0.1) is 0 Å². The van der Waals surface area contributed by atoms with Gasteiger partial charge in [0.1, 0.15) is 0 Å². The van der Waals surface area contributed by atoms with Crippen LogP contribution in [0.4, 0.5) is 0 Å². The van der Waals surface area contributed by atoms with Crippen molar-refractivity contribution in [3.05, 3.63) is 87.3 Å². The highest BCUT2D eigenvalue weighted by Gasteiger charge is 2.47. The van der Waals surface area contributed by atoms with Crippen LogP contribution < -0.4 is 0 Å². The van der Waals surface area contributed by atoms with E-state index in [4.69, 9.17) is 0 Å². The number of benzene rings is 1. The zero-order valence-electron chi connectivity index (χ0n) is 20.6. The van der Waals surface area contributed by atoms with E-state index in [1.54, 1.807) is 6.08 Å². The first kappa shape index (κ1) is 21.9. The lowest BCUT2D eigenvalue weighted by Crippen LogP contribution is -2.25. The maximum Gasteiger partial charge on any atom is 0.197 e. The van der Waals surface area contributed by atoms with Crippen molar-refractivity contribution in [3.8, 4) is 0 Å². The molecule has 1 saturated heterocycles. The van der Waals surface area contributed by atoms with Crippen molar-refractivity contribution in [2.45, 2.75) is 53.9 Å². The number of allylic oxidation sites excluding steroid dienone is 9. The van der Waals surface area contributed by atoms with Crippen molar-refractivity contribution in [2.24, 2.45) is 16.7 Å². The molecule has 1 aliphatic heterocycles. The number of aryl methyl sites for hydroxylation is 1. The van der Waals surface area contributed by atoms with Gasteiger partial charge in [0.15, 0.2) is 11.6 Å². The van der Waals surface area contributed by atoms with Gasteiger partial charge >= 0.3 is 0 Å². The number of hydrogen-bond donors (Lipinski definition) is 0. The summed E-state index contributed by atoms with van der Waals surface area (Å²) in [5, 5.41) is 0. The molecular formula is C30H33NO2. The Labute approximate surface area is 197 Å². The highest BCUT2D eigenvalue weighted by atomic mass is 16.2. The second-order valence-corrected chi connectivity index (χ2v) is 11.4. The average molecular weight is 440 g/mol. The van der Waals surface area contributed by atoms with E-state index < -0.39 is 0 Å². The van der Waals surface area contributed by atoms with Crippen LogP contribution in [0, 0.1) is 16.7 Å². The van der Waals surface area contributed by atoms with Gasteiger partial charge in [-0.05, 0) is 66.2 Å². The summed E-state index contributed by atoms with van der Waals surface area (Å²) in [4.78, 5) is 28.6. The smallest absolute Gasteiger partial charge is 0.197 e. The van der Waals surface area contributed by atoms with E-state index >= 15 is 0 Å². The molecule has 33 heavy (non-hydrogen) atoms. The third-order valence-corrected chi connectivity index (χ3v) is 8.02. The molecule has 1 aromatic rings. The molecule has 1 fully saturated rings. The normalized spacial score (nSPS) is 25.9. The topological polar surface area (TPSA) is 37.4 Å². The van der Waals surface area contributed by atoms with Crippen LogP contribution in [0.1, 0.15) is 79.3 Å². The van der Waals surface area contributed by atoms with E-state index in [1.807, 2.05) is 18.2 Å². The van der Waals surface area contributed by atoms with Crippen LogP contribution in [0.3, 0.4) is 0 Å². The Bertz CT molecular complexity index is 1240. The second kappa shape index (κ2) is 7.28. The molecule has 0 amide bonds. The Kier molecular flexibility index (Phi) is 4.83. The molecule has 0 spiro atoms. The van der Waals surface area contributed by atoms with Gasteiger partial charge in [0, 0.05) is 40.9 Å². The number of Topliss-reactive ketones (excluding diaryl/α,β-unsaturated/α-hetero) is 2. The summed E-state index contributed by atoms with van der Waals surface area (Å²) in [5.74, 6) is 0.0911. The van der Waals surface area contributed by atoms with E-state index in [2.05, 4.69) is 70.9 Å². The summed E-state index contributed by atoms with van der Waals surface area (Å²) >= 11 is 0. The predicted molar refractivity (Wildman–Crippen MR) is 134 cm³/mol. The first-order valence-corrected chi connectivity index (χ1v) is 12.0. The van der Waals surface area contributed by atoms with E-state index in [9.17, 15) is 9.59 Å². The first-order chi connectivity index (χ1) is 15.5. The fourth-order valence-corrected chi connectivity index (χ4v) is 5.86. The van der Waals surface area contributed by atoms with Gasteiger partial charge in [-0.3, -0.25) is 9.59 Å². The SMILES string of the molecule is CN1C2=CC=C(C(C)(C)C)CC2C(C)(C)/C1=C\C=C1\C(=O)c2cc3c(cc2C1=O)CCC=C3. The van der Waals surface area contributed by atoms with Crippen molar-refractivity contribution in [1.82, 2.24) is 4.90 Å². The monoisotopic (exact) mass is 439 g/mol. The Morgan fingerprint density at radius 1 is 1.03 bits per heavy atom. The molecule has 170 valence electrons. The summed E-state index contributed by atoms with van der Waals surface area (Å²) < 4.78 is 0. The number of carbonyl (C=O) groups is 2. The summed E-state index contributed by atoms with van der Waals surface area (Å²) in [6.07, 6.45) is 15.4. The lowest BCUT2D eigenvalue weighted by Gasteiger charge is -2.33. The van der Waals surface area contributed by atoms with Gasteiger partial charge in [0.25, 0.3) is 0 Å². The molecule has 1 heterocycles. The van der Waals surface area contributed by atoms with Gasteiger partial charge < -0.3 is 4.90 Å². The fraction of sp³-hybridized carbons (Fsp3) is 0.400. The average Bonchev–Trinajstić information content (AvgIpc) is 3.11. The standard InChI is InChI=1S/C30H33NO2/c1-29(2,3)20-11-13-25-24(17-20)30(4,5)26(31(25)6)14-12-21-27(32)22-15-18-9-7-8-10-19(18)16-23(22)28(21)33/h7,9,11-16,24H,8,10,17H2,1-6H3/b21-12-,26-14+. The molecular weight excluding hydrogens is 406 g/mol. The molecule has 3 aliphatic carbocycles. The Balaban J connectivity index is 1.49. The Morgan fingerprint density at radius 3 is 2.42 bits per heavy atom. The quantitative estimate of drug-likeness (QED) is 0.362. The maximum absolute atomic E-state index is 13.2. The van der Waals surface area contributed by atoms with Crippen molar-refractivity contribution in [1.29, 1.82) is 0 Å². The zero-order valence-corrected chi connectivity index (χ0v) is 20.6. The van der Waals surface area contributed by atoms with E-state index in [1.165, 1.54) is 11.3 Å². The highest BCUT2D eigenvalue weighted by Crippen LogP contribution is 2.54. The van der Waals surface area contributed by atoms with Gasteiger partial charge in [-0.2, -0.15) is 0 Å². The molecule has 0 radical (unpaired) electrons. The molecule has 3 heteroatoms. The number of nitrogens with zero attached hydrogens (tertiary/aromatic N) is 1. The molecule has 0 saturated carbocycles. The molecule has 0 aromatic heterocycles. The van der Waals surface area contributed by atoms with Crippen molar-refractivity contribution < 1.29 is 9.59 Å². The molecule has 1 aromatic carbocycles. The highest BCUT2D eigenvalue weighted by molar-refractivity contribution is 6.39. The number of carbonyl (C=O) groups excluding carboxylic acids is 2. The minimum atomic E-state index is -0.152. The lowest BCUT2D eigenvalue weighted by atomic mass is 9.69. The first-order valence-electron chi connectivity index (χ1n) is 12.0. The number of hydrogen-bond acceptors (Lipinski definition) is 3. The molecule has 1 atom stereocenters. The molecule has 1 unspecified atom stereocenters. The van der Waals surface area contributed by atoms with E-state index in [0.717, 1.165) is 36.1 Å². The van der Waals surface area contributed by atoms with Crippen molar-refractivity contribution >= 4 is 17.6 Å². The van der Waals surface area contributed by atoms with Crippen LogP contribution in [0.5, 0.6) is 0 Å². The van der Waals surface area contributed by atoms with Crippen molar-refractivity contribution in [2.75, 3.05) is 7.05 Å². The van der Waals surface area contributed by atoms with Crippen LogP contribution in [-0.4, -0.2) is 23.5 Å². The number of ketones is 2. The molecule has 3 nitrogen and oxygen atoms in total. The molecule has 0 bridgehead atoms. The second-order valence-electron chi connectivity index (χ2n) is 11.4. The largest absolute Gasteiger partial charge is 0.351 e. The molecule has 4 aliphatic rings. The third kappa shape index (κ3) is 3.32. The maximum atomic E-state index is 13.2. The summed E-state index contributed by atoms with van der Waals surface area (Å²) in [6.45, 7) is 11.4. The third-order valence-electron chi connectivity index (χ3n) is 8.02. The van der Waals surface area contributed by atoms with Gasteiger partial charge in [-0.25, -0.2) is 0 Å². The summed E-state index contributed by atoms with van der Waals surface area (Å²) in [7, 11) is 2.10. The molecule has 5 rings (SSSR count). The van der Waals surface area contributed by atoms with Crippen LogP contribution >= 0.6 is 0 Å². The van der Waals surface area contributed by atoms with Crippen LogP contribution in [0.15, 0.2) is 65.1 Å². The number of likely N-dealkylation sites (tertiary alicyclic amines) is 1. The predicted octanol–water partition coefficient (Wildman–Crippen LogP) is 6.68. The van der Waals surface area contributed by atoms with Crippen LogP contribution in [-0.2, 0) is 6.42 Å². The summed E-state index contributed by atoms with van der Waals surface area (Å²) in [5.41, 5.74) is 7.59. The van der Waals surface area contributed by atoms with Gasteiger partial charge in [0.05, 0.1) is 5.57 Å². The number of rotatable bonds is 1. The minimum Gasteiger partial charge on any atom is -0.351 e. The number of fused-ring (bicyclic) bond motifs is 3. The minimum absolute atomic E-state index is 0.0934. The van der Waals surface area contributed by atoms with Crippen molar-refractivity contribution in [3.63, 3.8) is 0 Å². The fourth-order valence-electron chi connectivity index (χ4n) is 5.86. The van der Waals surface area contributed by atoms with Crippen LogP contribution in [0.2, 0.25) is 0 Å². The summed E-state index contributed by atoms with van der Waals surface area (Å²) in [6, 6.07) is 3.84.